The Hall–Kier alpha value is -3.51. The van der Waals surface area contributed by atoms with Gasteiger partial charge in [-0.25, -0.2) is 4.79 Å². The van der Waals surface area contributed by atoms with Gasteiger partial charge in [0.1, 0.15) is 0 Å². The first-order chi connectivity index (χ1) is 23.4. The van der Waals surface area contributed by atoms with Gasteiger partial charge in [0.2, 0.25) is 11.8 Å². The minimum Gasteiger partial charge on any atom is -0.397 e. The lowest BCUT2D eigenvalue weighted by Crippen LogP contribution is -2.51. The molecule has 266 valence electrons. The van der Waals surface area contributed by atoms with E-state index < -0.39 is 23.3 Å². The molecular weight excluding hydrogens is 657 g/mol. The lowest BCUT2D eigenvalue weighted by Gasteiger charge is -2.41. The highest BCUT2D eigenvalue weighted by atomic mass is 35.5. The van der Waals surface area contributed by atoms with E-state index >= 15 is 0 Å². The Bertz CT molecular complexity index is 1530. The molecule has 3 saturated heterocycles. The fourth-order valence-electron chi connectivity index (χ4n) is 8.19. The van der Waals surface area contributed by atoms with Crippen LogP contribution >= 0.6 is 11.6 Å². The molecule has 0 saturated carbocycles. The zero-order valence-electron chi connectivity index (χ0n) is 28.0. The fraction of sp³-hybridized carbons (Fsp3) is 0.583. The highest BCUT2D eigenvalue weighted by Gasteiger charge is 2.38. The summed E-state index contributed by atoms with van der Waals surface area (Å²) in [5, 5.41) is 2.72. The second-order valence-corrected chi connectivity index (χ2v) is 14.7. The van der Waals surface area contributed by atoms with E-state index in [0.717, 1.165) is 56.1 Å². The molecule has 0 radical (unpaired) electrons. The van der Waals surface area contributed by atoms with Crippen LogP contribution in [0.25, 0.3) is 0 Å². The van der Waals surface area contributed by atoms with E-state index in [-0.39, 0.29) is 47.3 Å². The molecule has 4 aliphatic rings. The predicted molar refractivity (Wildman–Crippen MR) is 183 cm³/mol. The first kappa shape index (κ1) is 35.3. The average molecular weight is 703 g/mol. The number of hydrogen-bond donors (Lipinski definition) is 2. The van der Waals surface area contributed by atoms with Gasteiger partial charge in [-0.3, -0.25) is 9.59 Å². The number of amides is 4. The number of likely N-dealkylation sites (tertiary alicyclic amines) is 3. The van der Waals surface area contributed by atoms with Gasteiger partial charge in [0, 0.05) is 50.9 Å². The van der Waals surface area contributed by atoms with Gasteiger partial charge in [-0.05, 0) is 106 Å². The number of carbonyl (C=O) groups is 3. The number of hydrogen-bond acceptors (Lipinski definition) is 5. The van der Waals surface area contributed by atoms with Gasteiger partial charge in [0.05, 0.1) is 22.2 Å². The van der Waals surface area contributed by atoms with Crippen molar-refractivity contribution in [2.45, 2.75) is 70.1 Å². The summed E-state index contributed by atoms with van der Waals surface area (Å²) >= 11 is 6.15. The molecule has 1 atom stereocenters. The summed E-state index contributed by atoms with van der Waals surface area (Å²) in [4.78, 5) is 48.4. The number of rotatable bonds is 7. The van der Waals surface area contributed by atoms with Crippen LogP contribution < -0.4 is 11.1 Å². The van der Waals surface area contributed by atoms with Crippen molar-refractivity contribution < 1.29 is 27.6 Å². The number of nitrogen functional groups attached to an aromatic ring is 1. The third-order valence-corrected chi connectivity index (χ3v) is 11.5. The number of alkyl halides is 3. The Kier molecular flexibility index (Phi) is 10.6. The number of nitrogens with zero attached hydrogens (tertiary/aromatic N) is 4. The number of anilines is 2. The predicted octanol–water partition coefficient (Wildman–Crippen LogP) is 6.11. The monoisotopic (exact) mass is 702 g/mol. The number of carbonyl (C=O) groups excluding carboxylic acids is 3. The molecule has 0 bridgehead atoms. The second kappa shape index (κ2) is 14.8. The minimum atomic E-state index is -4.72. The van der Waals surface area contributed by atoms with E-state index in [9.17, 15) is 27.6 Å². The van der Waals surface area contributed by atoms with Crippen molar-refractivity contribution >= 4 is 40.8 Å². The third-order valence-electron chi connectivity index (χ3n) is 11.1. The van der Waals surface area contributed by atoms with Crippen LogP contribution in [0.3, 0.4) is 0 Å². The number of nitrogens with two attached hydrogens (primary N) is 1. The molecule has 9 nitrogen and oxygen atoms in total. The summed E-state index contributed by atoms with van der Waals surface area (Å²) < 4.78 is 41.5. The number of fused-ring (bicyclic) bond motifs is 1. The van der Waals surface area contributed by atoms with Crippen molar-refractivity contribution in [2.24, 2.45) is 17.8 Å². The number of urea groups is 1. The zero-order chi connectivity index (χ0) is 34.9. The normalized spacial score (nSPS) is 21.0. The molecule has 2 aromatic rings. The molecule has 4 heterocycles. The lowest BCUT2D eigenvalue weighted by molar-refractivity contribution is -0.143. The number of nitrogens with one attached hydrogen (secondary N) is 1. The Morgan fingerprint density at radius 1 is 0.939 bits per heavy atom. The van der Waals surface area contributed by atoms with Crippen molar-refractivity contribution in [1.29, 1.82) is 0 Å². The first-order valence-electron chi connectivity index (χ1n) is 17.4. The summed E-state index contributed by atoms with van der Waals surface area (Å²) in [6.45, 7) is 4.64. The van der Waals surface area contributed by atoms with Crippen LogP contribution in [0.4, 0.5) is 29.3 Å². The first-order valence-corrected chi connectivity index (χ1v) is 17.8. The van der Waals surface area contributed by atoms with Crippen molar-refractivity contribution in [3.05, 3.63) is 58.1 Å². The minimum absolute atomic E-state index is 0.0431. The quantitative estimate of drug-likeness (QED) is 0.339. The van der Waals surface area contributed by atoms with Gasteiger partial charge < -0.3 is 30.7 Å². The molecule has 13 heteroatoms. The maximum Gasteiger partial charge on any atom is 0.418 e. The molecule has 4 amide bonds. The molecule has 0 unspecified atom stereocenters. The Labute approximate surface area is 290 Å². The zero-order valence-corrected chi connectivity index (χ0v) is 28.7. The molecule has 3 N–H and O–H groups in total. The number of benzene rings is 2. The largest absolute Gasteiger partial charge is 0.418 e. The molecule has 4 aliphatic heterocycles. The number of para-hydroxylation sites is 1. The van der Waals surface area contributed by atoms with E-state index in [0.29, 0.717) is 57.4 Å². The van der Waals surface area contributed by atoms with Crippen LogP contribution in [0.2, 0.25) is 5.02 Å². The van der Waals surface area contributed by atoms with Gasteiger partial charge >= 0.3 is 12.2 Å². The maximum absolute atomic E-state index is 14.1. The van der Waals surface area contributed by atoms with E-state index in [1.54, 1.807) is 9.80 Å². The summed E-state index contributed by atoms with van der Waals surface area (Å²) in [7, 11) is 2.14. The van der Waals surface area contributed by atoms with Gasteiger partial charge in [-0.15, -0.1) is 0 Å². The molecule has 2 aromatic carbocycles. The van der Waals surface area contributed by atoms with Gasteiger partial charge in [0.15, 0.2) is 0 Å². The van der Waals surface area contributed by atoms with Crippen LogP contribution in [0.15, 0.2) is 36.4 Å². The number of piperidine rings is 3. The summed E-state index contributed by atoms with van der Waals surface area (Å²) in [6, 6.07) is 9.81. The summed E-state index contributed by atoms with van der Waals surface area (Å²) in [6.07, 6.45) is 0.345. The smallest absolute Gasteiger partial charge is 0.397 e. The van der Waals surface area contributed by atoms with Crippen molar-refractivity contribution in [1.82, 2.24) is 19.6 Å². The highest BCUT2D eigenvalue weighted by molar-refractivity contribution is 6.33. The topological polar surface area (TPSA) is 102 Å². The molecule has 3 fully saturated rings. The van der Waals surface area contributed by atoms with Crippen LogP contribution in [0.5, 0.6) is 0 Å². The van der Waals surface area contributed by atoms with Crippen LogP contribution in [-0.2, 0) is 28.7 Å². The Balaban J connectivity index is 1.13. The molecule has 0 aromatic heterocycles. The van der Waals surface area contributed by atoms with E-state index in [2.05, 4.69) is 17.3 Å². The van der Waals surface area contributed by atoms with Crippen molar-refractivity contribution in [3.63, 3.8) is 0 Å². The van der Waals surface area contributed by atoms with E-state index in [4.69, 9.17) is 17.3 Å². The van der Waals surface area contributed by atoms with Gasteiger partial charge in [0.25, 0.3) is 0 Å². The molecular formula is C36H46ClF3N6O3. The van der Waals surface area contributed by atoms with Gasteiger partial charge in [-0.2, -0.15) is 13.2 Å². The van der Waals surface area contributed by atoms with E-state index in [1.165, 1.54) is 6.07 Å². The second-order valence-electron chi connectivity index (χ2n) is 14.3. The van der Waals surface area contributed by atoms with Crippen LogP contribution in [-0.4, -0.2) is 89.8 Å². The molecule has 49 heavy (non-hydrogen) atoms. The van der Waals surface area contributed by atoms with Gasteiger partial charge in [-0.1, -0.05) is 29.8 Å². The number of halogens is 4. The molecule has 0 spiro atoms. The van der Waals surface area contributed by atoms with E-state index in [1.807, 2.05) is 29.2 Å². The maximum atomic E-state index is 14.1. The van der Waals surface area contributed by atoms with Crippen LogP contribution in [0.1, 0.15) is 61.6 Å². The van der Waals surface area contributed by atoms with Crippen molar-refractivity contribution in [2.75, 3.05) is 57.4 Å². The average Bonchev–Trinajstić information content (AvgIpc) is 3.09. The summed E-state index contributed by atoms with van der Waals surface area (Å²) in [5.41, 5.74) is 6.15. The van der Waals surface area contributed by atoms with Crippen molar-refractivity contribution in [3.8, 4) is 0 Å². The third kappa shape index (κ3) is 8.11. The highest BCUT2D eigenvalue weighted by Crippen LogP contribution is 2.39. The fourth-order valence-corrected chi connectivity index (χ4v) is 8.43. The standard InChI is InChI=1S/C36H46ClF3N6O3/c1-43-12-6-24(7-13-43)25-8-14-45(15-9-25)34(48)27(18-23-19-29(36(38,39)40)33(41)30(37)20-23)21-32(47)44-16-10-28(11-17-44)46-22-26-4-2-3-5-31(26)42-35(46)49/h2-5,19-20,24-25,27-28H,6-18,21-22,41H2,1H3,(H,42,49)/t27-/m0/s1. The Morgan fingerprint density at radius 2 is 1.55 bits per heavy atom. The summed E-state index contributed by atoms with van der Waals surface area (Å²) in [5.74, 6) is -0.105. The Morgan fingerprint density at radius 3 is 2.20 bits per heavy atom. The molecule has 6 rings (SSSR count). The molecule has 0 aliphatic carbocycles. The van der Waals surface area contributed by atoms with Crippen LogP contribution in [0, 0.1) is 17.8 Å². The SMILES string of the molecule is CN1CCC(C2CCN(C(=O)[C@H](CC(=O)N3CCC(N4Cc5ccccc5NC4=O)CC3)Cc3cc(Cl)c(N)c(C(F)(F)F)c3)CC2)CC1. The lowest BCUT2D eigenvalue weighted by atomic mass is 9.78.